The van der Waals surface area contributed by atoms with Gasteiger partial charge in [-0.25, -0.2) is 9.59 Å². The van der Waals surface area contributed by atoms with Gasteiger partial charge in [0.2, 0.25) is 0 Å². The molecule has 332 valence electrons. The van der Waals surface area contributed by atoms with Crippen molar-refractivity contribution in [1.29, 1.82) is 0 Å². The van der Waals surface area contributed by atoms with Gasteiger partial charge >= 0.3 is 11.9 Å². The lowest BCUT2D eigenvalue weighted by Crippen LogP contribution is -2.64. The number of aliphatic hydroxyl groups is 6. The lowest BCUT2D eigenvalue weighted by atomic mass is 9.78. The first kappa shape index (κ1) is 47.9. The van der Waals surface area contributed by atoms with Crippen LogP contribution in [0, 0.1) is 0 Å². The second kappa shape index (κ2) is 16.9. The van der Waals surface area contributed by atoms with Gasteiger partial charge in [-0.05, 0) is 33.8 Å². The third-order valence-electron chi connectivity index (χ3n) is 10.5. The summed E-state index contributed by atoms with van der Waals surface area (Å²) < 4.78 is 27.6. The van der Waals surface area contributed by atoms with Gasteiger partial charge in [-0.3, -0.25) is 0 Å². The zero-order valence-electron chi connectivity index (χ0n) is 35.7. The summed E-state index contributed by atoms with van der Waals surface area (Å²) in [7, 11) is 0. The van der Waals surface area contributed by atoms with Crippen molar-refractivity contribution in [2.45, 2.75) is 166 Å². The Morgan fingerprint density at radius 2 is 0.729 bits per heavy atom. The molecule has 2 heterocycles. The van der Waals surface area contributed by atoms with Gasteiger partial charge in [-0.2, -0.15) is 0 Å². The molecule has 0 amide bonds. The van der Waals surface area contributed by atoms with E-state index in [0.717, 1.165) is 0 Å². The molecule has 2 aliphatic heterocycles. The number of phenolic OH excluding ortho intramolecular Hbond substituents is 4. The van der Waals surface area contributed by atoms with Crippen LogP contribution in [0.2, 0.25) is 0 Å². The molecular formula is C42H62O17. The van der Waals surface area contributed by atoms with Crippen molar-refractivity contribution in [1.82, 2.24) is 0 Å². The summed E-state index contributed by atoms with van der Waals surface area (Å²) in [6, 6.07) is 3.21. The fourth-order valence-electron chi connectivity index (χ4n) is 6.92. The largest absolute Gasteiger partial charge is 0.507 e. The van der Waals surface area contributed by atoms with E-state index in [1.807, 2.05) is 0 Å². The molecule has 10 atom stereocenters. The summed E-state index contributed by atoms with van der Waals surface area (Å²) >= 11 is 0. The standard InChI is InChI=1S/C42H62O17/c1-39(2,3)17-13-18(40(4,5)6)26(44)23(25(17)43)35(53)55-15-21-29(47)31(49)33(51)37(57-21)59-38-34(52)32(50)30(48)22(58-38)16-56-36(54)24-27(45)19(41(7,8)9)14-20(28(24)46)42(10,11)12/h13-14,21-22,29-34,37-38,43-52H,15-16H2,1-12H3/t21-,22-,29-,30-,31+,32+,33-,34-,37-,38-/m1/s1. The van der Waals surface area contributed by atoms with Crippen molar-refractivity contribution in [3.63, 3.8) is 0 Å². The Balaban J connectivity index is 1.53. The van der Waals surface area contributed by atoms with E-state index >= 15 is 0 Å². The highest BCUT2D eigenvalue weighted by atomic mass is 16.8. The SMILES string of the molecule is CC(C)(C)c1cc(C(C)(C)C)c(O)c(C(=O)OC[C@H]2O[C@H](O[C@H]3O[C@H](COC(=O)c4c(O)c(C(C)(C)C)cc(C(C)(C)C)c4O)[C@@H](O)[C@H](O)[C@H]3O)[C@H](O)[C@@H](O)[C@@H]2O)c1O. The molecule has 0 bridgehead atoms. The van der Waals surface area contributed by atoms with E-state index < -0.39 is 142 Å². The second-order valence-corrected chi connectivity index (χ2v) is 19.5. The monoisotopic (exact) mass is 838 g/mol. The number of aliphatic hydroxyl groups excluding tert-OH is 6. The van der Waals surface area contributed by atoms with Crippen molar-refractivity contribution in [2.24, 2.45) is 0 Å². The van der Waals surface area contributed by atoms with Crippen LogP contribution in [-0.4, -0.2) is 138 Å². The molecule has 17 heteroatoms. The Morgan fingerprint density at radius 1 is 0.475 bits per heavy atom. The highest BCUT2D eigenvalue weighted by molar-refractivity contribution is 5.97. The predicted octanol–water partition coefficient (Wildman–Crippen LogP) is 2.34. The minimum Gasteiger partial charge on any atom is -0.507 e. The number of carbonyl (C=O) groups excluding carboxylic acids is 2. The molecule has 0 spiro atoms. The zero-order valence-corrected chi connectivity index (χ0v) is 35.7. The number of carbonyl (C=O) groups is 2. The normalized spacial score (nSPS) is 28.3. The van der Waals surface area contributed by atoms with E-state index in [1.165, 1.54) is 0 Å². The third-order valence-corrected chi connectivity index (χ3v) is 10.5. The second-order valence-electron chi connectivity index (χ2n) is 19.5. The minimum absolute atomic E-state index is 0.347. The highest BCUT2D eigenvalue weighted by Crippen LogP contribution is 2.46. The number of ether oxygens (including phenoxy) is 5. The van der Waals surface area contributed by atoms with Crippen LogP contribution in [0.25, 0.3) is 0 Å². The smallest absolute Gasteiger partial charge is 0.345 e. The molecule has 0 aliphatic carbocycles. The molecule has 0 aromatic heterocycles. The van der Waals surface area contributed by atoms with E-state index in [-0.39, 0.29) is 0 Å². The number of rotatable bonds is 8. The maximum Gasteiger partial charge on any atom is 0.345 e. The van der Waals surface area contributed by atoms with Gasteiger partial charge in [-0.15, -0.1) is 0 Å². The quantitative estimate of drug-likeness (QED) is 0.171. The first-order chi connectivity index (χ1) is 26.8. The number of benzene rings is 2. The van der Waals surface area contributed by atoms with Crippen molar-refractivity contribution in [3.05, 3.63) is 45.5 Å². The number of phenols is 4. The summed E-state index contributed by atoms with van der Waals surface area (Å²) in [4.78, 5) is 26.9. The van der Waals surface area contributed by atoms with Gasteiger partial charge in [0, 0.05) is 22.3 Å². The fraction of sp³-hybridized carbons (Fsp3) is 0.667. The zero-order chi connectivity index (χ0) is 45.1. The van der Waals surface area contributed by atoms with Crippen LogP contribution >= 0.6 is 0 Å². The van der Waals surface area contributed by atoms with E-state index in [1.54, 1.807) is 95.2 Å². The Labute approximate surface area is 343 Å². The molecule has 0 unspecified atom stereocenters. The highest BCUT2D eigenvalue weighted by Gasteiger charge is 2.50. The van der Waals surface area contributed by atoms with E-state index in [4.69, 9.17) is 23.7 Å². The fourth-order valence-corrected chi connectivity index (χ4v) is 6.92. The molecule has 2 aliphatic rings. The number of esters is 2. The summed E-state index contributed by atoms with van der Waals surface area (Å²) in [5.41, 5.74) is -2.37. The Morgan fingerprint density at radius 3 is 0.966 bits per heavy atom. The first-order valence-electron chi connectivity index (χ1n) is 19.4. The van der Waals surface area contributed by atoms with Crippen LogP contribution in [-0.2, 0) is 45.3 Å². The average Bonchev–Trinajstić information content (AvgIpc) is 3.08. The summed E-state index contributed by atoms with van der Waals surface area (Å²) in [6.07, 6.45) is -18.9. The van der Waals surface area contributed by atoms with Gasteiger partial charge in [0.25, 0.3) is 0 Å². The average molecular weight is 839 g/mol. The van der Waals surface area contributed by atoms with Crippen molar-refractivity contribution in [2.75, 3.05) is 13.2 Å². The van der Waals surface area contributed by atoms with Crippen LogP contribution in [0.1, 0.15) is 126 Å². The minimum atomic E-state index is -2.02. The maximum absolute atomic E-state index is 13.5. The molecule has 2 aromatic rings. The van der Waals surface area contributed by atoms with Crippen molar-refractivity contribution >= 4 is 11.9 Å². The van der Waals surface area contributed by atoms with E-state index in [2.05, 4.69) is 0 Å². The lowest BCUT2D eigenvalue weighted by Gasteiger charge is -2.44. The van der Waals surface area contributed by atoms with Gasteiger partial charge in [-0.1, -0.05) is 83.1 Å². The molecule has 59 heavy (non-hydrogen) atoms. The Kier molecular flexibility index (Phi) is 13.7. The summed E-state index contributed by atoms with van der Waals surface area (Å²) in [5.74, 6) is -4.51. The number of hydrogen-bond acceptors (Lipinski definition) is 17. The predicted molar refractivity (Wildman–Crippen MR) is 209 cm³/mol. The van der Waals surface area contributed by atoms with Crippen LogP contribution in [0.3, 0.4) is 0 Å². The lowest BCUT2D eigenvalue weighted by molar-refractivity contribution is -0.376. The van der Waals surface area contributed by atoms with Crippen molar-refractivity contribution in [3.8, 4) is 23.0 Å². The van der Waals surface area contributed by atoms with Crippen LogP contribution in [0.5, 0.6) is 23.0 Å². The molecule has 10 N–H and O–H groups in total. The Bertz CT molecular complexity index is 1650. The third kappa shape index (κ3) is 9.90. The molecule has 2 fully saturated rings. The van der Waals surface area contributed by atoms with Gasteiger partial charge < -0.3 is 74.7 Å². The van der Waals surface area contributed by atoms with Gasteiger partial charge in [0.15, 0.2) is 12.6 Å². The molecular weight excluding hydrogens is 776 g/mol. The van der Waals surface area contributed by atoms with Crippen LogP contribution < -0.4 is 0 Å². The molecule has 2 aromatic carbocycles. The van der Waals surface area contributed by atoms with Gasteiger partial charge in [0.1, 0.15) is 96.2 Å². The molecule has 4 rings (SSSR count). The Hall–Kier alpha value is -3.78. The maximum atomic E-state index is 13.5. The van der Waals surface area contributed by atoms with Gasteiger partial charge in [0.05, 0.1) is 0 Å². The van der Waals surface area contributed by atoms with Crippen molar-refractivity contribution < 1.29 is 84.3 Å². The molecule has 0 radical (unpaired) electrons. The first-order valence-corrected chi connectivity index (χ1v) is 19.4. The summed E-state index contributed by atoms with van der Waals surface area (Å²) in [6.45, 7) is 20.0. The topological polar surface area (TPSA) is 283 Å². The molecule has 17 nitrogen and oxygen atoms in total. The molecule has 2 saturated heterocycles. The number of hydrogen-bond donors (Lipinski definition) is 10. The van der Waals surface area contributed by atoms with E-state index in [9.17, 15) is 60.7 Å². The van der Waals surface area contributed by atoms with E-state index in [0.29, 0.717) is 22.3 Å². The van der Waals surface area contributed by atoms with Crippen LogP contribution in [0.15, 0.2) is 12.1 Å². The molecule has 0 saturated carbocycles. The van der Waals surface area contributed by atoms with Crippen LogP contribution in [0.4, 0.5) is 0 Å². The number of aromatic hydroxyl groups is 4. The summed E-state index contributed by atoms with van der Waals surface area (Å²) in [5, 5.41) is 109.